The van der Waals surface area contributed by atoms with Crippen molar-refractivity contribution in [2.75, 3.05) is 18.8 Å². The van der Waals surface area contributed by atoms with Gasteiger partial charge >= 0.3 is 0 Å². The summed E-state index contributed by atoms with van der Waals surface area (Å²) in [4.78, 5) is 3.12. The van der Waals surface area contributed by atoms with Crippen LogP contribution >= 0.6 is 0 Å². The minimum absolute atomic E-state index is 0.189. The number of nitrogens with one attached hydrogen (secondary N) is 1. The molecule has 1 N–H and O–H groups in total. The molecule has 2 atom stereocenters. The first-order chi connectivity index (χ1) is 10.1. The molecule has 5 heteroatoms. The van der Waals surface area contributed by atoms with Crippen molar-refractivity contribution < 1.29 is 8.42 Å². The van der Waals surface area contributed by atoms with Crippen LogP contribution < -0.4 is 5.32 Å². The average molecular weight is 306 g/mol. The Labute approximate surface area is 126 Å². The Morgan fingerprint density at radius 3 is 2.71 bits per heavy atom. The fourth-order valence-corrected chi connectivity index (χ4v) is 5.36. The third-order valence-electron chi connectivity index (χ3n) is 5.02. The summed E-state index contributed by atoms with van der Waals surface area (Å²) in [5, 5.41) is 3.72. The van der Waals surface area contributed by atoms with E-state index in [9.17, 15) is 8.42 Å². The lowest BCUT2D eigenvalue weighted by molar-refractivity contribution is 0.310. The zero-order chi connectivity index (χ0) is 14.4. The summed E-state index contributed by atoms with van der Waals surface area (Å²) in [6.45, 7) is 2.31. The zero-order valence-electron chi connectivity index (χ0n) is 12.2. The second-order valence-electron chi connectivity index (χ2n) is 6.58. The van der Waals surface area contributed by atoms with Gasteiger partial charge in [0.15, 0.2) is 9.84 Å². The summed E-state index contributed by atoms with van der Waals surface area (Å²) in [5.41, 5.74) is 0.966. The van der Waals surface area contributed by atoms with Gasteiger partial charge in [0, 0.05) is 31.2 Å². The van der Waals surface area contributed by atoms with Crippen molar-refractivity contribution in [1.82, 2.24) is 10.2 Å². The Morgan fingerprint density at radius 1 is 1.10 bits per heavy atom. The van der Waals surface area contributed by atoms with Gasteiger partial charge in [0.2, 0.25) is 0 Å². The number of hydrogen-bond acceptors (Lipinski definition) is 4. The molecule has 1 saturated carbocycles. The van der Waals surface area contributed by atoms with Crippen LogP contribution in [0.15, 0.2) is 29.2 Å². The van der Waals surface area contributed by atoms with Crippen LogP contribution in [-0.4, -0.2) is 44.2 Å². The maximum absolute atomic E-state index is 12.2. The number of hydrogen-bond donors (Lipinski definition) is 1. The van der Waals surface area contributed by atoms with Gasteiger partial charge in [-0.2, -0.15) is 0 Å². The van der Waals surface area contributed by atoms with Crippen molar-refractivity contribution in [2.24, 2.45) is 0 Å². The first-order valence-electron chi connectivity index (χ1n) is 7.95. The number of fused-ring (bicyclic) bond motifs is 1. The lowest BCUT2D eigenvalue weighted by atomic mass is 10.0. The van der Waals surface area contributed by atoms with Gasteiger partial charge in [0.25, 0.3) is 0 Å². The molecular weight excluding hydrogens is 284 g/mol. The van der Waals surface area contributed by atoms with Crippen molar-refractivity contribution >= 4 is 9.84 Å². The minimum atomic E-state index is -3.07. The van der Waals surface area contributed by atoms with E-state index in [1.54, 1.807) is 6.07 Å². The van der Waals surface area contributed by atoms with E-state index in [0.717, 1.165) is 18.2 Å². The minimum Gasteiger partial charge on any atom is -0.306 e. The zero-order valence-corrected chi connectivity index (χ0v) is 13.0. The highest BCUT2D eigenvalue weighted by molar-refractivity contribution is 7.91. The molecule has 3 aliphatic rings. The Hall–Kier alpha value is -0.910. The molecule has 2 fully saturated rings. The molecule has 1 aromatic rings. The number of likely N-dealkylation sites (tertiary alicyclic amines) is 1. The number of nitrogens with zero attached hydrogens (tertiary/aromatic N) is 1. The van der Waals surface area contributed by atoms with Gasteiger partial charge < -0.3 is 5.32 Å². The molecule has 21 heavy (non-hydrogen) atoms. The predicted octanol–water partition coefficient (Wildman–Crippen LogP) is 1.73. The molecule has 0 radical (unpaired) electrons. The maximum Gasteiger partial charge on any atom is 0.178 e. The van der Waals surface area contributed by atoms with Crippen LogP contribution in [0.4, 0.5) is 0 Å². The highest BCUT2D eigenvalue weighted by Crippen LogP contribution is 2.34. The molecule has 1 aromatic carbocycles. The lowest BCUT2D eigenvalue weighted by Gasteiger charge is -2.29. The van der Waals surface area contributed by atoms with Crippen LogP contribution in [-0.2, 0) is 9.84 Å². The van der Waals surface area contributed by atoms with Crippen LogP contribution in [0.5, 0.6) is 0 Å². The number of sulfone groups is 1. The van der Waals surface area contributed by atoms with Gasteiger partial charge in [-0.25, -0.2) is 8.42 Å². The normalized spacial score (nSPS) is 32.0. The van der Waals surface area contributed by atoms with E-state index in [2.05, 4.69) is 10.2 Å². The molecule has 1 saturated heterocycles. The topological polar surface area (TPSA) is 49.4 Å². The summed E-state index contributed by atoms with van der Waals surface area (Å²) in [7, 11) is -3.07. The first-order valence-corrected chi connectivity index (χ1v) is 9.60. The van der Waals surface area contributed by atoms with Crippen LogP contribution in [0.1, 0.15) is 37.3 Å². The first kappa shape index (κ1) is 13.7. The second-order valence-corrected chi connectivity index (χ2v) is 8.65. The van der Waals surface area contributed by atoms with Gasteiger partial charge in [0.1, 0.15) is 0 Å². The Balaban J connectivity index is 1.51. The van der Waals surface area contributed by atoms with Gasteiger partial charge in [-0.1, -0.05) is 18.2 Å². The van der Waals surface area contributed by atoms with Crippen LogP contribution in [0, 0.1) is 0 Å². The van der Waals surface area contributed by atoms with Crippen LogP contribution in [0.3, 0.4) is 0 Å². The second kappa shape index (κ2) is 5.07. The predicted molar refractivity (Wildman–Crippen MR) is 82.0 cm³/mol. The Bertz CT molecular complexity index is 639. The van der Waals surface area contributed by atoms with Crippen molar-refractivity contribution in [2.45, 2.75) is 48.7 Å². The van der Waals surface area contributed by atoms with Crippen LogP contribution in [0.25, 0.3) is 0 Å². The third-order valence-corrected chi connectivity index (χ3v) is 6.84. The summed E-state index contributed by atoms with van der Waals surface area (Å²) in [6.07, 6.45) is 4.59. The van der Waals surface area contributed by atoms with E-state index in [-0.39, 0.29) is 11.8 Å². The molecule has 4 nitrogen and oxygen atoms in total. The monoisotopic (exact) mass is 306 g/mol. The smallest absolute Gasteiger partial charge is 0.178 e. The van der Waals surface area contributed by atoms with Gasteiger partial charge in [-0.3, -0.25) is 4.90 Å². The van der Waals surface area contributed by atoms with E-state index in [1.807, 2.05) is 18.2 Å². The molecule has 2 unspecified atom stereocenters. The highest BCUT2D eigenvalue weighted by Gasteiger charge is 2.36. The summed E-state index contributed by atoms with van der Waals surface area (Å²) in [5.74, 6) is 0.265. The molecular formula is C16H22N2O2S. The molecule has 0 aromatic heterocycles. The number of rotatable bonds is 3. The quantitative estimate of drug-likeness (QED) is 0.924. The van der Waals surface area contributed by atoms with E-state index >= 15 is 0 Å². The van der Waals surface area contributed by atoms with Gasteiger partial charge in [-0.15, -0.1) is 0 Å². The number of benzene rings is 1. The van der Waals surface area contributed by atoms with Crippen molar-refractivity contribution in [3.8, 4) is 0 Å². The fourth-order valence-electron chi connectivity index (χ4n) is 3.74. The SMILES string of the molecule is O=S1(=O)CCC(NC2CCN(C3CC3)C2)c2ccccc21. The molecule has 4 rings (SSSR count). The Morgan fingerprint density at radius 2 is 1.90 bits per heavy atom. The largest absolute Gasteiger partial charge is 0.306 e. The molecule has 0 amide bonds. The standard InChI is InChI=1S/C16H22N2O2S/c19-21(20)10-8-15(14-3-1-2-4-16(14)21)17-12-7-9-18(11-12)13-5-6-13/h1-4,12-13,15,17H,5-11H2. The van der Waals surface area contributed by atoms with Crippen molar-refractivity contribution in [3.05, 3.63) is 29.8 Å². The molecule has 0 spiro atoms. The molecule has 114 valence electrons. The summed E-state index contributed by atoms with van der Waals surface area (Å²) < 4.78 is 24.3. The lowest BCUT2D eigenvalue weighted by Crippen LogP contribution is -2.38. The van der Waals surface area contributed by atoms with Crippen molar-refractivity contribution in [3.63, 3.8) is 0 Å². The Kier molecular flexibility index (Phi) is 3.32. The molecule has 2 heterocycles. The molecule has 1 aliphatic carbocycles. The van der Waals surface area contributed by atoms with E-state index < -0.39 is 9.84 Å². The van der Waals surface area contributed by atoms with E-state index in [1.165, 1.54) is 25.8 Å². The van der Waals surface area contributed by atoms with Gasteiger partial charge in [0.05, 0.1) is 10.6 Å². The van der Waals surface area contributed by atoms with E-state index in [4.69, 9.17) is 0 Å². The van der Waals surface area contributed by atoms with Gasteiger partial charge in [-0.05, 0) is 37.3 Å². The van der Waals surface area contributed by atoms with E-state index in [0.29, 0.717) is 17.4 Å². The van der Waals surface area contributed by atoms with Crippen LogP contribution in [0.2, 0.25) is 0 Å². The maximum atomic E-state index is 12.2. The highest BCUT2D eigenvalue weighted by atomic mass is 32.2. The van der Waals surface area contributed by atoms with Crippen molar-refractivity contribution in [1.29, 1.82) is 0 Å². The third kappa shape index (κ3) is 2.62. The fraction of sp³-hybridized carbons (Fsp3) is 0.625. The molecule has 2 aliphatic heterocycles. The average Bonchev–Trinajstić information content (AvgIpc) is 3.23. The summed E-state index contributed by atoms with van der Waals surface area (Å²) >= 11 is 0. The molecule has 0 bridgehead atoms. The summed E-state index contributed by atoms with van der Waals surface area (Å²) in [6, 6.07) is 9.01.